The molecule has 0 saturated carbocycles. The quantitative estimate of drug-likeness (QED) is 0.744. The number of rotatable bonds is 2. The van der Waals surface area contributed by atoms with Crippen molar-refractivity contribution in [3.05, 3.63) is 34.6 Å². The Bertz CT molecular complexity index is 330. The molecule has 0 aliphatic rings. The molecule has 1 amide bonds. The summed E-state index contributed by atoms with van der Waals surface area (Å²) in [5.74, 6) is -1.32. The number of benzene rings is 1. The van der Waals surface area contributed by atoms with Crippen LogP contribution in [-0.2, 0) is 4.84 Å². The first-order chi connectivity index (χ1) is 6.15. The highest BCUT2D eigenvalue weighted by Crippen LogP contribution is 2.14. The average Bonchev–Trinajstić information content (AvgIpc) is 2.04. The summed E-state index contributed by atoms with van der Waals surface area (Å²) in [6.07, 6.45) is 0. The van der Waals surface area contributed by atoms with Crippen LogP contribution < -0.4 is 5.48 Å². The molecule has 0 aliphatic carbocycles. The Morgan fingerprint density at radius 1 is 1.62 bits per heavy atom. The largest absolute Gasteiger partial charge is 0.277 e. The second kappa shape index (κ2) is 4.20. The minimum Gasteiger partial charge on any atom is -0.277 e. The van der Waals surface area contributed by atoms with Gasteiger partial charge in [-0.25, -0.2) is 9.87 Å². The van der Waals surface area contributed by atoms with Gasteiger partial charge in [-0.3, -0.25) is 9.63 Å². The second-order valence-electron chi connectivity index (χ2n) is 2.26. The maximum atomic E-state index is 13.0. The van der Waals surface area contributed by atoms with Crippen LogP contribution in [0.3, 0.4) is 0 Å². The SMILES string of the molecule is CONC(=O)c1ccc(Cl)cc1F. The summed E-state index contributed by atoms with van der Waals surface area (Å²) in [6.45, 7) is 0. The standard InChI is InChI=1S/C8H7ClFNO2/c1-13-11-8(12)6-3-2-5(9)4-7(6)10/h2-4H,1H3,(H,11,12). The molecule has 0 radical (unpaired) electrons. The van der Waals surface area contributed by atoms with Gasteiger partial charge >= 0.3 is 0 Å². The molecule has 0 fully saturated rings. The van der Waals surface area contributed by atoms with Gasteiger partial charge in [-0.1, -0.05) is 11.6 Å². The fourth-order valence-corrected chi connectivity index (χ4v) is 0.980. The van der Waals surface area contributed by atoms with Gasteiger partial charge < -0.3 is 0 Å². The van der Waals surface area contributed by atoms with Gasteiger partial charge in [0.25, 0.3) is 5.91 Å². The van der Waals surface area contributed by atoms with Crippen LogP contribution in [0, 0.1) is 5.82 Å². The van der Waals surface area contributed by atoms with E-state index in [9.17, 15) is 9.18 Å². The first-order valence-corrected chi connectivity index (χ1v) is 3.81. The van der Waals surface area contributed by atoms with Crippen LogP contribution in [0.25, 0.3) is 0 Å². The van der Waals surface area contributed by atoms with Gasteiger partial charge in [0.15, 0.2) is 0 Å². The molecule has 70 valence electrons. The van der Waals surface area contributed by atoms with Crippen LogP contribution in [0.1, 0.15) is 10.4 Å². The number of hydrogen-bond donors (Lipinski definition) is 1. The van der Waals surface area contributed by atoms with Crippen LogP contribution in [-0.4, -0.2) is 13.0 Å². The zero-order chi connectivity index (χ0) is 9.84. The topological polar surface area (TPSA) is 38.3 Å². The zero-order valence-electron chi connectivity index (χ0n) is 6.80. The third-order valence-corrected chi connectivity index (χ3v) is 1.61. The van der Waals surface area contributed by atoms with Crippen LogP contribution >= 0.6 is 11.6 Å². The van der Waals surface area contributed by atoms with E-state index in [0.29, 0.717) is 0 Å². The summed E-state index contributed by atoms with van der Waals surface area (Å²) in [5, 5.41) is 0.242. The minimum absolute atomic E-state index is 0.105. The lowest BCUT2D eigenvalue weighted by Crippen LogP contribution is -2.22. The van der Waals surface area contributed by atoms with E-state index in [1.54, 1.807) is 0 Å². The Morgan fingerprint density at radius 2 is 2.31 bits per heavy atom. The van der Waals surface area contributed by atoms with Crippen molar-refractivity contribution in [1.29, 1.82) is 0 Å². The van der Waals surface area contributed by atoms with Crippen molar-refractivity contribution in [2.45, 2.75) is 0 Å². The summed E-state index contributed by atoms with van der Waals surface area (Å²) in [7, 11) is 1.27. The molecule has 5 heteroatoms. The Kier molecular flexibility index (Phi) is 3.22. The van der Waals surface area contributed by atoms with Gasteiger partial charge in [0.05, 0.1) is 12.7 Å². The first kappa shape index (κ1) is 9.95. The van der Waals surface area contributed by atoms with Gasteiger partial charge in [0.2, 0.25) is 0 Å². The van der Waals surface area contributed by atoms with E-state index in [2.05, 4.69) is 4.84 Å². The Balaban J connectivity index is 2.95. The number of hydroxylamine groups is 1. The highest BCUT2D eigenvalue weighted by molar-refractivity contribution is 6.30. The van der Waals surface area contributed by atoms with Gasteiger partial charge in [-0.15, -0.1) is 0 Å². The van der Waals surface area contributed by atoms with Crippen LogP contribution in [0.5, 0.6) is 0 Å². The molecular formula is C8H7ClFNO2. The fraction of sp³-hybridized carbons (Fsp3) is 0.125. The van der Waals surface area contributed by atoms with Crippen molar-refractivity contribution in [3.63, 3.8) is 0 Å². The minimum atomic E-state index is -0.679. The normalized spacial score (nSPS) is 9.77. The molecule has 1 rings (SSSR count). The van der Waals surface area contributed by atoms with Crippen molar-refractivity contribution < 1.29 is 14.0 Å². The molecule has 1 N–H and O–H groups in total. The lowest BCUT2D eigenvalue weighted by atomic mass is 10.2. The Hall–Kier alpha value is -1.13. The number of carbonyl (C=O) groups is 1. The number of hydrogen-bond acceptors (Lipinski definition) is 2. The maximum absolute atomic E-state index is 13.0. The molecule has 0 spiro atoms. The van der Waals surface area contributed by atoms with Gasteiger partial charge in [-0.2, -0.15) is 0 Å². The number of carbonyl (C=O) groups excluding carboxylic acids is 1. The van der Waals surface area contributed by atoms with Crippen molar-refractivity contribution >= 4 is 17.5 Å². The molecule has 0 unspecified atom stereocenters. The van der Waals surface area contributed by atoms with Crippen molar-refractivity contribution in [3.8, 4) is 0 Å². The fourth-order valence-electron chi connectivity index (χ4n) is 0.821. The lowest BCUT2D eigenvalue weighted by Gasteiger charge is -2.02. The lowest BCUT2D eigenvalue weighted by molar-refractivity contribution is 0.0533. The molecular weight excluding hydrogens is 197 g/mol. The Morgan fingerprint density at radius 3 is 2.85 bits per heavy atom. The average molecular weight is 204 g/mol. The van der Waals surface area contributed by atoms with E-state index in [1.807, 2.05) is 5.48 Å². The van der Waals surface area contributed by atoms with E-state index in [0.717, 1.165) is 6.07 Å². The second-order valence-corrected chi connectivity index (χ2v) is 2.70. The molecule has 1 aromatic rings. The third-order valence-electron chi connectivity index (χ3n) is 1.37. The van der Waals surface area contributed by atoms with E-state index in [4.69, 9.17) is 11.6 Å². The summed E-state index contributed by atoms with van der Waals surface area (Å²) in [4.78, 5) is 15.4. The summed E-state index contributed by atoms with van der Waals surface area (Å²) in [6, 6.07) is 3.77. The summed E-state index contributed by atoms with van der Waals surface area (Å²) < 4.78 is 13.0. The molecule has 1 aromatic carbocycles. The maximum Gasteiger partial charge on any atom is 0.277 e. The first-order valence-electron chi connectivity index (χ1n) is 3.43. The van der Waals surface area contributed by atoms with E-state index in [-0.39, 0.29) is 10.6 Å². The monoisotopic (exact) mass is 203 g/mol. The summed E-state index contributed by atoms with van der Waals surface area (Å²) in [5.41, 5.74) is 1.89. The van der Waals surface area contributed by atoms with Crippen LogP contribution in [0.4, 0.5) is 4.39 Å². The summed E-state index contributed by atoms with van der Waals surface area (Å²) >= 11 is 5.50. The zero-order valence-corrected chi connectivity index (χ0v) is 7.56. The van der Waals surface area contributed by atoms with Crippen molar-refractivity contribution in [2.24, 2.45) is 0 Å². The predicted molar refractivity (Wildman–Crippen MR) is 45.9 cm³/mol. The molecule has 0 bridgehead atoms. The Labute approximate surface area is 79.4 Å². The smallest absolute Gasteiger partial charge is 0.277 e. The number of halogens is 2. The molecule has 0 heterocycles. The third kappa shape index (κ3) is 2.40. The number of nitrogens with one attached hydrogen (secondary N) is 1. The van der Waals surface area contributed by atoms with Crippen molar-refractivity contribution in [2.75, 3.05) is 7.11 Å². The predicted octanol–water partition coefficient (Wildman–Crippen LogP) is 1.77. The molecule has 0 saturated heterocycles. The van der Waals surface area contributed by atoms with Gasteiger partial charge in [0.1, 0.15) is 5.82 Å². The van der Waals surface area contributed by atoms with Gasteiger partial charge in [-0.05, 0) is 18.2 Å². The number of amides is 1. The highest BCUT2D eigenvalue weighted by atomic mass is 35.5. The van der Waals surface area contributed by atoms with Gasteiger partial charge in [0, 0.05) is 5.02 Å². The van der Waals surface area contributed by atoms with Crippen molar-refractivity contribution in [1.82, 2.24) is 5.48 Å². The molecule has 3 nitrogen and oxygen atoms in total. The molecule has 0 aliphatic heterocycles. The van der Waals surface area contributed by atoms with E-state index in [1.165, 1.54) is 19.2 Å². The van der Waals surface area contributed by atoms with E-state index >= 15 is 0 Å². The van der Waals surface area contributed by atoms with Crippen LogP contribution in [0.2, 0.25) is 5.02 Å². The molecule has 13 heavy (non-hydrogen) atoms. The van der Waals surface area contributed by atoms with Crippen LogP contribution in [0.15, 0.2) is 18.2 Å². The van der Waals surface area contributed by atoms with E-state index < -0.39 is 11.7 Å². The molecule has 0 aromatic heterocycles. The highest BCUT2D eigenvalue weighted by Gasteiger charge is 2.10. The molecule has 0 atom stereocenters.